The van der Waals surface area contributed by atoms with Crippen molar-refractivity contribution in [1.82, 2.24) is 14.7 Å². The number of likely N-dealkylation sites (N-methyl/N-ethyl adjacent to an activating group) is 1. The van der Waals surface area contributed by atoms with Crippen molar-refractivity contribution in [3.63, 3.8) is 0 Å². The first-order valence-electron chi connectivity index (χ1n) is 5.81. The number of aromatic nitrogens is 2. The van der Waals surface area contributed by atoms with E-state index in [2.05, 4.69) is 10.4 Å². The molecule has 0 spiro atoms. The number of anilines is 2. The highest BCUT2D eigenvalue weighted by molar-refractivity contribution is 5.81. The Hall–Kier alpha value is -1.72. The fourth-order valence-electron chi connectivity index (χ4n) is 1.48. The molecule has 0 unspecified atom stereocenters. The molecule has 0 aliphatic carbocycles. The maximum absolute atomic E-state index is 11.7. The Balaban J connectivity index is 2.72. The topological polar surface area (TPSA) is 76.2 Å². The van der Waals surface area contributed by atoms with Gasteiger partial charge in [-0.25, -0.2) is 4.68 Å². The molecule has 1 rings (SSSR count). The average molecular weight is 239 g/mol. The molecular weight excluding hydrogens is 218 g/mol. The summed E-state index contributed by atoms with van der Waals surface area (Å²) in [5.74, 6) is 0.760. The van der Waals surface area contributed by atoms with E-state index in [1.807, 2.05) is 20.8 Å². The number of hydrogen-bond donors (Lipinski definition) is 2. The molecule has 0 aliphatic rings. The molecule has 0 saturated heterocycles. The van der Waals surface area contributed by atoms with Gasteiger partial charge in [-0.15, -0.1) is 0 Å². The quantitative estimate of drug-likeness (QED) is 0.792. The van der Waals surface area contributed by atoms with Gasteiger partial charge in [0.15, 0.2) is 0 Å². The minimum atomic E-state index is 0.0356. The Labute approximate surface area is 102 Å². The average Bonchev–Trinajstić information content (AvgIpc) is 2.61. The summed E-state index contributed by atoms with van der Waals surface area (Å²) < 4.78 is 1.77. The van der Waals surface area contributed by atoms with E-state index in [1.54, 1.807) is 16.6 Å². The number of nitrogens with zero attached hydrogens (tertiary/aromatic N) is 3. The highest BCUT2D eigenvalue weighted by Gasteiger charge is 2.13. The number of nitrogen functional groups attached to an aromatic ring is 1. The molecule has 0 radical (unpaired) electrons. The van der Waals surface area contributed by atoms with Crippen LogP contribution in [0.1, 0.15) is 19.5 Å². The van der Waals surface area contributed by atoms with Crippen LogP contribution in [0.5, 0.6) is 0 Å². The molecule has 6 nitrogen and oxygen atoms in total. The van der Waals surface area contributed by atoms with Crippen molar-refractivity contribution >= 4 is 17.4 Å². The zero-order valence-electron chi connectivity index (χ0n) is 10.9. The van der Waals surface area contributed by atoms with Gasteiger partial charge >= 0.3 is 0 Å². The number of rotatable bonds is 5. The summed E-state index contributed by atoms with van der Waals surface area (Å²) >= 11 is 0. The third-order valence-corrected chi connectivity index (χ3v) is 2.78. The Morgan fingerprint density at radius 3 is 2.71 bits per heavy atom. The minimum Gasteiger partial charge on any atom is -0.394 e. The standard InChI is InChI=1S/C11H21N5O/c1-5-15(4)9(17)7-13-11-10(12)8(3)14-16(11)6-2/h13H,5-7,12H2,1-4H3. The molecule has 1 heterocycles. The highest BCUT2D eigenvalue weighted by Crippen LogP contribution is 2.21. The van der Waals surface area contributed by atoms with Gasteiger partial charge in [-0.3, -0.25) is 4.79 Å². The van der Waals surface area contributed by atoms with E-state index in [4.69, 9.17) is 5.73 Å². The molecule has 0 saturated carbocycles. The van der Waals surface area contributed by atoms with E-state index >= 15 is 0 Å². The van der Waals surface area contributed by atoms with Crippen LogP contribution in [-0.4, -0.2) is 40.7 Å². The molecule has 1 aromatic heterocycles. The van der Waals surface area contributed by atoms with Crippen LogP contribution in [0.3, 0.4) is 0 Å². The Morgan fingerprint density at radius 1 is 1.53 bits per heavy atom. The first-order chi connectivity index (χ1) is 8.01. The van der Waals surface area contributed by atoms with Crippen molar-refractivity contribution in [1.29, 1.82) is 0 Å². The maximum atomic E-state index is 11.7. The molecule has 96 valence electrons. The Kier molecular flexibility index (Phi) is 4.37. The number of nitrogens with two attached hydrogens (primary N) is 1. The molecule has 0 bridgehead atoms. The zero-order valence-corrected chi connectivity index (χ0v) is 10.9. The van der Waals surface area contributed by atoms with Gasteiger partial charge < -0.3 is 16.0 Å². The van der Waals surface area contributed by atoms with Crippen molar-refractivity contribution in [3.05, 3.63) is 5.69 Å². The van der Waals surface area contributed by atoms with Crippen molar-refractivity contribution in [2.45, 2.75) is 27.3 Å². The molecule has 1 aromatic rings. The zero-order chi connectivity index (χ0) is 13.0. The molecule has 0 atom stereocenters. The first kappa shape index (κ1) is 13.3. The second-order valence-corrected chi connectivity index (χ2v) is 3.92. The summed E-state index contributed by atoms with van der Waals surface area (Å²) in [6.45, 7) is 7.43. The summed E-state index contributed by atoms with van der Waals surface area (Å²) in [5, 5.41) is 7.33. The van der Waals surface area contributed by atoms with E-state index in [9.17, 15) is 4.79 Å². The van der Waals surface area contributed by atoms with Gasteiger partial charge in [0.2, 0.25) is 5.91 Å². The van der Waals surface area contributed by atoms with Gasteiger partial charge in [0.25, 0.3) is 0 Å². The molecular formula is C11H21N5O. The molecule has 0 fully saturated rings. The summed E-state index contributed by atoms with van der Waals surface area (Å²) in [5.41, 5.74) is 7.30. The first-order valence-corrected chi connectivity index (χ1v) is 5.81. The predicted octanol–water partition coefficient (Wildman–Crippen LogP) is 0.684. The molecule has 3 N–H and O–H groups in total. The number of amides is 1. The SMILES string of the molecule is CCN(C)C(=O)CNc1c(N)c(C)nn1CC. The van der Waals surface area contributed by atoms with Crippen LogP contribution in [0.15, 0.2) is 0 Å². The molecule has 1 amide bonds. The third-order valence-electron chi connectivity index (χ3n) is 2.78. The lowest BCUT2D eigenvalue weighted by Crippen LogP contribution is -2.32. The van der Waals surface area contributed by atoms with Gasteiger partial charge in [-0.05, 0) is 20.8 Å². The van der Waals surface area contributed by atoms with E-state index in [0.717, 1.165) is 18.1 Å². The fraction of sp³-hybridized carbons (Fsp3) is 0.636. The normalized spacial score (nSPS) is 10.4. The smallest absolute Gasteiger partial charge is 0.241 e. The second kappa shape index (κ2) is 5.56. The van der Waals surface area contributed by atoms with E-state index in [1.165, 1.54) is 0 Å². The Morgan fingerprint density at radius 2 is 2.18 bits per heavy atom. The summed E-state index contributed by atoms with van der Waals surface area (Å²) in [6, 6.07) is 0. The predicted molar refractivity (Wildman–Crippen MR) is 68.9 cm³/mol. The largest absolute Gasteiger partial charge is 0.394 e. The number of carbonyl (C=O) groups is 1. The Bertz CT molecular complexity index is 399. The molecule has 17 heavy (non-hydrogen) atoms. The van der Waals surface area contributed by atoms with E-state index < -0.39 is 0 Å². The maximum Gasteiger partial charge on any atom is 0.241 e. The van der Waals surface area contributed by atoms with Gasteiger partial charge in [-0.2, -0.15) is 5.10 Å². The minimum absolute atomic E-state index is 0.0356. The van der Waals surface area contributed by atoms with E-state index in [-0.39, 0.29) is 12.5 Å². The van der Waals surface area contributed by atoms with Crippen LogP contribution in [-0.2, 0) is 11.3 Å². The number of carbonyl (C=O) groups excluding carboxylic acids is 1. The van der Waals surface area contributed by atoms with Crippen LogP contribution in [0.2, 0.25) is 0 Å². The third kappa shape index (κ3) is 2.89. The van der Waals surface area contributed by atoms with Gasteiger partial charge in [-0.1, -0.05) is 0 Å². The van der Waals surface area contributed by atoms with Crippen molar-refractivity contribution < 1.29 is 4.79 Å². The van der Waals surface area contributed by atoms with E-state index in [0.29, 0.717) is 12.2 Å². The van der Waals surface area contributed by atoms with Crippen LogP contribution in [0.4, 0.5) is 11.5 Å². The van der Waals surface area contributed by atoms with Gasteiger partial charge in [0, 0.05) is 20.1 Å². The van der Waals surface area contributed by atoms with Gasteiger partial charge in [0.1, 0.15) is 5.82 Å². The van der Waals surface area contributed by atoms with Crippen LogP contribution < -0.4 is 11.1 Å². The van der Waals surface area contributed by atoms with Crippen LogP contribution in [0, 0.1) is 6.92 Å². The lowest BCUT2D eigenvalue weighted by atomic mass is 10.4. The number of hydrogen-bond acceptors (Lipinski definition) is 4. The monoisotopic (exact) mass is 239 g/mol. The molecule has 0 aliphatic heterocycles. The van der Waals surface area contributed by atoms with Gasteiger partial charge in [0.05, 0.1) is 17.9 Å². The highest BCUT2D eigenvalue weighted by atomic mass is 16.2. The van der Waals surface area contributed by atoms with Crippen molar-refractivity contribution in [2.24, 2.45) is 0 Å². The fourth-order valence-corrected chi connectivity index (χ4v) is 1.48. The summed E-state index contributed by atoms with van der Waals surface area (Å²) in [7, 11) is 1.77. The van der Waals surface area contributed by atoms with Crippen LogP contribution in [0.25, 0.3) is 0 Å². The number of nitrogens with one attached hydrogen (secondary N) is 1. The summed E-state index contributed by atoms with van der Waals surface area (Å²) in [6.07, 6.45) is 0. The van der Waals surface area contributed by atoms with Crippen molar-refractivity contribution in [3.8, 4) is 0 Å². The molecule has 0 aromatic carbocycles. The summed E-state index contributed by atoms with van der Waals surface area (Å²) in [4.78, 5) is 13.3. The second-order valence-electron chi connectivity index (χ2n) is 3.92. The van der Waals surface area contributed by atoms with Crippen molar-refractivity contribution in [2.75, 3.05) is 31.2 Å². The lowest BCUT2D eigenvalue weighted by molar-refractivity contribution is -0.127. The van der Waals surface area contributed by atoms with Crippen LogP contribution >= 0.6 is 0 Å². The molecule has 6 heteroatoms. The lowest BCUT2D eigenvalue weighted by Gasteiger charge is -2.15. The number of aryl methyl sites for hydroxylation is 2.